The third-order valence-electron chi connectivity index (χ3n) is 4.92. The highest BCUT2D eigenvalue weighted by Gasteiger charge is 2.48. The maximum absolute atomic E-state index is 13.0. The summed E-state index contributed by atoms with van der Waals surface area (Å²) in [6.07, 6.45) is 0. The summed E-state index contributed by atoms with van der Waals surface area (Å²) in [5, 5.41) is 11.1. The Morgan fingerprint density at radius 2 is 1.83 bits per heavy atom. The highest BCUT2D eigenvalue weighted by molar-refractivity contribution is 9.10. The Bertz CT molecular complexity index is 1160. The number of hydrogen-bond donors (Lipinski definition) is 1. The van der Waals surface area contributed by atoms with Crippen LogP contribution in [-0.4, -0.2) is 23.9 Å². The molecular weight excluding hydrogens is 450 g/mol. The number of aliphatic hydroxyl groups is 1. The summed E-state index contributed by atoms with van der Waals surface area (Å²) >= 11 is 3.37. The zero-order valence-corrected chi connectivity index (χ0v) is 17.8. The summed E-state index contributed by atoms with van der Waals surface area (Å²) in [6, 6.07) is 16.2. The summed E-state index contributed by atoms with van der Waals surface area (Å²) in [5.41, 5.74) is 0.853. The molecule has 152 valence electrons. The fraction of sp³-hybridized carbons (Fsp3) is 0.130. The summed E-state index contributed by atoms with van der Waals surface area (Å²) < 4.78 is 11.8. The van der Waals surface area contributed by atoms with Gasteiger partial charge < -0.3 is 14.3 Å². The van der Waals surface area contributed by atoms with Crippen LogP contribution in [0.3, 0.4) is 0 Å². The van der Waals surface area contributed by atoms with Gasteiger partial charge in [-0.1, -0.05) is 28.1 Å². The van der Waals surface area contributed by atoms with Crippen LogP contribution in [0.25, 0.3) is 5.76 Å². The zero-order chi connectivity index (χ0) is 21.4. The molecular formula is C23H18BrNO5. The third-order valence-corrected chi connectivity index (χ3v) is 5.45. The molecule has 1 saturated heterocycles. The van der Waals surface area contributed by atoms with Crippen LogP contribution in [0.2, 0.25) is 0 Å². The number of amides is 1. The first-order valence-corrected chi connectivity index (χ1v) is 9.97. The van der Waals surface area contributed by atoms with Crippen LogP contribution < -0.4 is 9.64 Å². The lowest BCUT2D eigenvalue weighted by molar-refractivity contribution is -0.132. The van der Waals surface area contributed by atoms with Crippen LogP contribution in [0.5, 0.6) is 5.75 Å². The predicted molar refractivity (Wildman–Crippen MR) is 115 cm³/mol. The molecule has 0 bridgehead atoms. The van der Waals surface area contributed by atoms with E-state index in [-0.39, 0.29) is 11.3 Å². The number of rotatable bonds is 4. The van der Waals surface area contributed by atoms with Gasteiger partial charge in [0.2, 0.25) is 0 Å². The number of methoxy groups -OCH3 is 1. The molecule has 2 heterocycles. The molecule has 1 aromatic heterocycles. The van der Waals surface area contributed by atoms with E-state index in [1.807, 2.05) is 0 Å². The lowest BCUT2D eigenvalue weighted by Crippen LogP contribution is -2.29. The number of furan rings is 1. The lowest BCUT2D eigenvalue weighted by Gasteiger charge is -2.23. The maximum atomic E-state index is 13.0. The normalized spacial score (nSPS) is 18.1. The van der Waals surface area contributed by atoms with Crippen molar-refractivity contribution in [3.05, 3.63) is 87.8 Å². The minimum absolute atomic E-state index is 0.0366. The van der Waals surface area contributed by atoms with E-state index in [0.717, 1.165) is 4.47 Å². The van der Waals surface area contributed by atoms with Crippen molar-refractivity contribution in [3.8, 4) is 5.75 Å². The van der Waals surface area contributed by atoms with Gasteiger partial charge in [0.05, 0.1) is 12.7 Å². The highest BCUT2D eigenvalue weighted by atomic mass is 79.9. The number of hydrogen-bond acceptors (Lipinski definition) is 5. The maximum Gasteiger partial charge on any atom is 0.300 e. The van der Waals surface area contributed by atoms with E-state index in [1.165, 1.54) is 12.0 Å². The second kappa shape index (κ2) is 7.84. The molecule has 1 atom stereocenters. The van der Waals surface area contributed by atoms with Crippen molar-refractivity contribution in [2.45, 2.75) is 13.0 Å². The van der Waals surface area contributed by atoms with Crippen molar-refractivity contribution < 1.29 is 23.8 Å². The predicted octanol–water partition coefficient (Wildman–Crippen LogP) is 4.99. The first-order valence-electron chi connectivity index (χ1n) is 9.18. The van der Waals surface area contributed by atoms with Crippen LogP contribution in [0.1, 0.15) is 23.1 Å². The summed E-state index contributed by atoms with van der Waals surface area (Å²) in [4.78, 5) is 27.4. The van der Waals surface area contributed by atoms with Crippen LogP contribution in [0, 0.1) is 6.92 Å². The zero-order valence-electron chi connectivity index (χ0n) is 16.3. The molecule has 1 unspecified atom stereocenters. The van der Waals surface area contributed by atoms with E-state index in [2.05, 4.69) is 15.9 Å². The molecule has 3 aromatic rings. The Hall–Kier alpha value is -3.32. The van der Waals surface area contributed by atoms with E-state index < -0.39 is 17.7 Å². The van der Waals surface area contributed by atoms with Gasteiger partial charge in [-0.3, -0.25) is 14.5 Å². The van der Waals surface area contributed by atoms with Gasteiger partial charge in [-0.2, -0.15) is 0 Å². The smallest absolute Gasteiger partial charge is 0.300 e. The van der Waals surface area contributed by atoms with Crippen molar-refractivity contribution in [2.75, 3.05) is 12.0 Å². The number of aliphatic hydroxyl groups excluding tert-OH is 1. The number of halogens is 1. The average molecular weight is 468 g/mol. The first kappa shape index (κ1) is 20.0. The van der Waals surface area contributed by atoms with Gasteiger partial charge in [0.15, 0.2) is 0 Å². The number of anilines is 1. The Balaban J connectivity index is 1.93. The summed E-state index contributed by atoms with van der Waals surface area (Å²) in [6.45, 7) is 1.78. The van der Waals surface area contributed by atoms with Crippen LogP contribution in [0.15, 0.2) is 75.1 Å². The largest absolute Gasteiger partial charge is 0.507 e. The topological polar surface area (TPSA) is 80.0 Å². The number of carbonyl (C=O) groups is 2. The standard InChI is InChI=1S/C23H18BrNO5/c1-13-6-11-18(30-13)20-19(21(26)14-4-3-5-17(12-14)29-2)22(27)23(28)25(20)16-9-7-15(24)8-10-16/h3-12,20,26H,1-2H3/b21-19-. The number of ether oxygens (including phenoxy) is 1. The molecule has 4 rings (SSSR count). The number of Topliss-reactive ketones (excluding diaryl/α,β-unsaturated/α-hetero) is 1. The third kappa shape index (κ3) is 3.41. The molecule has 30 heavy (non-hydrogen) atoms. The Kier molecular flexibility index (Phi) is 5.22. The van der Waals surface area contributed by atoms with Crippen LogP contribution in [0.4, 0.5) is 5.69 Å². The van der Waals surface area contributed by atoms with Crippen molar-refractivity contribution in [2.24, 2.45) is 0 Å². The molecule has 0 aliphatic carbocycles. The Morgan fingerprint density at radius 1 is 1.10 bits per heavy atom. The van der Waals surface area contributed by atoms with E-state index in [9.17, 15) is 14.7 Å². The highest BCUT2D eigenvalue weighted by Crippen LogP contribution is 2.43. The molecule has 0 saturated carbocycles. The summed E-state index contributed by atoms with van der Waals surface area (Å²) in [7, 11) is 1.51. The van der Waals surface area contributed by atoms with Gasteiger partial charge in [-0.05, 0) is 55.5 Å². The molecule has 1 aliphatic heterocycles. The van der Waals surface area contributed by atoms with Gasteiger partial charge in [0.25, 0.3) is 11.7 Å². The van der Waals surface area contributed by atoms with Crippen LogP contribution >= 0.6 is 15.9 Å². The Labute approximate surface area is 181 Å². The van der Waals surface area contributed by atoms with Crippen molar-refractivity contribution in [1.82, 2.24) is 0 Å². The van der Waals surface area contributed by atoms with Gasteiger partial charge >= 0.3 is 0 Å². The van der Waals surface area contributed by atoms with Gasteiger partial charge in [0, 0.05) is 15.7 Å². The monoisotopic (exact) mass is 467 g/mol. The van der Waals surface area contributed by atoms with Crippen molar-refractivity contribution >= 4 is 39.1 Å². The molecule has 0 radical (unpaired) electrons. The quantitative estimate of drug-likeness (QED) is 0.332. The summed E-state index contributed by atoms with van der Waals surface area (Å²) in [5.74, 6) is -0.262. The van der Waals surface area contributed by atoms with Crippen molar-refractivity contribution in [3.63, 3.8) is 0 Å². The molecule has 1 amide bonds. The molecule has 6 nitrogen and oxygen atoms in total. The number of carbonyl (C=O) groups excluding carboxylic acids is 2. The number of aryl methyl sites for hydroxylation is 1. The van der Waals surface area contributed by atoms with E-state index in [0.29, 0.717) is 28.5 Å². The number of ketones is 1. The molecule has 7 heteroatoms. The van der Waals surface area contributed by atoms with Gasteiger partial charge in [-0.15, -0.1) is 0 Å². The fourth-order valence-electron chi connectivity index (χ4n) is 3.50. The second-order valence-electron chi connectivity index (χ2n) is 6.83. The van der Waals surface area contributed by atoms with Crippen LogP contribution in [-0.2, 0) is 9.59 Å². The van der Waals surface area contributed by atoms with E-state index in [1.54, 1.807) is 67.6 Å². The number of benzene rings is 2. The minimum atomic E-state index is -0.897. The average Bonchev–Trinajstić information content (AvgIpc) is 3.29. The van der Waals surface area contributed by atoms with Crippen molar-refractivity contribution in [1.29, 1.82) is 0 Å². The van der Waals surface area contributed by atoms with Gasteiger partial charge in [-0.25, -0.2) is 0 Å². The molecule has 1 fully saturated rings. The lowest BCUT2D eigenvalue weighted by atomic mass is 9.99. The fourth-order valence-corrected chi connectivity index (χ4v) is 3.76. The van der Waals surface area contributed by atoms with E-state index >= 15 is 0 Å². The molecule has 2 aromatic carbocycles. The molecule has 1 N–H and O–H groups in total. The van der Waals surface area contributed by atoms with E-state index in [4.69, 9.17) is 9.15 Å². The van der Waals surface area contributed by atoms with Gasteiger partial charge in [0.1, 0.15) is 29.1 Å². The number of nitrogens with zero attached hydrogens (tertiary/aromatic N) is 1. The molecule has 0 spiro atoms. The molecule has 1 aliphatic rings. The second-order valence-corrected chi connectivity index (χ2v) is 7.74. The minimum Gasteiger partial charge on any atom is -0.507 e. The SMILES string of the molecule is COc1cccc(/C(O)=C2/C(=O)C(=O)N(c3ccc(Br)cc3)C2c2ccc(C)o2)c1. The Morgan fingerprint density at radius 3 is 2.47 bits per heavy atom. The first-order chi connectivity index (χ1) is 14.4.